The van der Waals surface area contributed by atoms with Crippen LogP contribution in [0, 0.1) is 43.9 Å². The van der Waals surface area contributed by atoms with E-state index >= 15 is 0 Å². The number of hydrogen-bond donors (Lipinski definition) is 0. The fourth-order valence-electron chi connectivity index (χ4n) is 14.2. The van der Waals surface area contributed by atoms with Crippen molar-refractivity contribution in [1.29, 1.82) is 0 Å². The maximum absolute atomic E-state index is 2.48. The fourth-order valence-corrected chi connectivity index (χ4v) is 14.2. The largest absolute Gasteiger partial charge is 0.0683 e. The molecule has 4 saturated carbocycles. The molecule has 5 aliphatic carbocycles. The minimum absolute atomic E-state index is 0.151. The molecule has 5 unspecified atom stereocenters. The second kappa shape index (κ2) is 18.2. The maximum Gasteiger partial charge on any atom is 0.0158 e. The van der Waals surface area contributed by atoms with E-state index in [2.05, 4.69) is 235 Å². The molecule has 0 heteroatoms. The van der Waals surface area contributed by atoms with Gasteiger partial charge in [-0.3, -0.25) is 0 Å². The van der Waals surface area contributed by atoms with Crippen LogP contribution in [0.5, 0.6) is 0 Å². The van der Waals surface area contributed by atoms with E-state index in [-0.39, 0.29) is 5.41 Å². The average Bonchev–Trinajstić information content (AvgIpc) is 4.00. The van der Waals surface area contributed by atoms with E-state index in [4.69, 9.17) is 0 Å². The molecule has 0 heterocycles. The molecular weight excluding hydrogens is 841 g/mol. The van der Waals surface area contributed by atoms with Crippen LogP contribution >= 0.6 is 0 Å². The normalized spacial score (nSPS) is 22.0. The molecule has 0 saturated heterocycles. The van der Waals surface area contributed by atoms with Gasteiger partial charge in [0.05, 0.1) is 0 Å². The molecule has 0 nitrogen and oxygen atoms in total. The molecule has 4 fully saturated rings. The molecular formula is C70H68. The van der Waals surface area contributed by atoms with E-state index in [1.165, 1.54) is 126 Å². The summed E-state index contributed by atoms with van der Waals surface area (Å²) in [6.45, 7) is 15.2. The van der Waals surface area contributed by atoms with Gasteiger partial charge >= 0.3 is 0 Å². The number of hydrogen-bond acceptors (Lipinski definition) is 0. The highest BCUT2D eigenvalue weighted by Gasteiger charge is 2.76. The zero-order valence-electron chi connectivity index (χ0n) is 42.4. The van der Waals surface area contributed by atoms with Crippen LogP contribution in [0.15, 0.2) is 206 Å². The van der Waals surface area contributed by atoms with Crippen LogP contribution in [0.4, 0.5) is 0 Å². The van der Waals surface area contributed by atoms with Gasteiger partial charge in [0.1, 0.15) is 0 Å². The van der Waals surface area contributed by atoms with E-state index in [0.717, 1.165) is 23.2 Å². The standard InChI is InChI=1S/C39H34.C16H16.C13H12.C2H6/c1-25-9-10-30(19-37(25)36-8-4-6-29-5-2-3-7-35(29)36)28-13-11-26(12-14-28)27-15-17-31(18-16-27)38-22-34-21-32-20-33(38)23-39(32,34)24-38;1-11-8-9-13-12-6-4-5-7-14(12)16(2,3)15(13)10-11;1-11-7-5-6-10-13(11)12-8-3-2-4-9-12;1-2/h2-19,32-34H,20-24H2,1H3;4-10H,1-3H3;2-10H,1H3;1-2H3. The number of aryl methyl sites for hydroxylation is 3. The monoisotopic (exact) mass is 909 g/mol. The van der Waals surface area contributed by atoms with Gasteiger partial charge in [0.25, 0.3) is 0 Å². The predicted molar refractivity (Wildman–Crippen MR) is 299 cm³/mol. The molecule has 348 valence electrons. The van der Waals surface area contributed by atoms with Crippen molar-refractivity contribution >= 4 is 10.8 Å². The van der Waals surface area contributed by atoms with Gasteiger partial charge in [-0.1, -0.05) is 233 Å². The molecule has 0 amide bonds. The first kappa shape index (κ1) is 45.7. The minimum Gasteiger partial charge on any atom is -0.0683 e. The van der Waals surface area contributed by atoms with Gasteiger partial charge in [0, 0.05) is 5.41 Å². The van der Waals surface area contributed by atoms with Crippen LogP contribution in [0.2, 0.25) is 0 Å². The second-order valence-electron chi connectivity index (χ2n) is 21.6. The van der Waals surface area contributed by atoms with Gasteiger partial charge in [-0.2, -0.15) is 0 Å². The summed E-state index contributed by atoms with van der Waals surface area (Å²) in [5, 5.41) is 2.60. The van der Waals surface area contributed by atoms with Crippen LogP contribution in [-0.2, 0) is 10.8 Å². The molecule has 0 radical (unpaired) electrons. The van der Waals surface area contributed by atoms with Crippen LogP contribution < -0.4 is 0 Å². The molecule has 3 bridgehead atoms. The Morgan fingerprint density at radius 3 is 1.70 bits per heavy atom. The SMILES string of the molecule is CC.Cc1ccc(-c2ccc(-c3ccc(C45CC6CC7CC4CC76C5)cc3)cc2)cc1-c1cccc2ccccc12.Cc1ccc2c(c1)C(C)(C)c1ccccc1-2.Cc1ccccc1-c1ccccc1. The third-order valence-corrected chi connectivity index (χ3v) is 17.7. The molecule has 14 rings (SSSR count). The van der Waals surface area contributed by atoms with Crippen LogP contribution in [0.3, 0.4) is 0 Å². The summed E-state index contributed by atoms with van der Waals surface area (Å²) >= 11 is 0. The Hall–Kier alpha value is -6.76. The van der Waals surface area contributed by atoms with E-state index in [1.807, 2.05) is 19.9 Å². The molecule has 1 spiro atoms. The Bertz CT molecular complexity index is 3330. The topological polar surface area (TPSA) is 0 Å². The number of benzene rings is 9. The van der Waals surface area contributed by atoms with E-state index in [0.29, 0.717) is 5.41 Å². The lowest BCUT2D eigenvalue weighted by Crippen LogP contribution is -2.41. The van der Waals surface area contributed by atoms with Crippen molar-refractivity contribution in [2.45, 2.75) is 91.4 Å². The van der Waals surface area contributed by atoms with Crippen molar-refractivity contribution < 1.29 is 0 Å². The lowest BCUT2D eigenvalue weighted by molar-refractivity contribution is 0.00424. The summed E-state index contributed by atoms with van der Waals surface area (Å²) < 4.78 is 0. The lowest BCUT2D eigenvalue weighted by atomic mass is 9.56. The summed E-state index contributed by atoms with van der Waals surface area (Å²) in [5.41, 5.74) is 23.2. The number of fused-ring (bicyclic) bond motifs is 7. The molecule has 0 aromatic heterocycles. The first-order chi connectivity index (χ1) is 34.1. The van der Waals surface area contributed by atoms with Crippen molar-refractivity contribution in [1.82, 2.24) is 0 Å². The summed E-state index contributed by atoms with van der Waals surface area (Å²) in [5.74, 6) is 3.08. The average molecular weight is 909 g/mol. The lowest BCUT2D eigenvalue weighted by Gasteiger charge is -2.48. The predicted octanol–water partition coefficient (Wildman–Crippen LogP) is 19.2. The van der Waals surface area contributed by atoms with Crippen LogP contribution in [-0.4, -0.2) is 0 Å². The van der Waals surface area contributed by atoms with Crippen molar-refractivity contribution in [2.24, 2.45) is 23.2 Å². The molecule has 9 aromatic rings. The number of rotatable bonds is 5. The maximum atomic E-state index is 2.48. The van der Waals surface area contributed by atoms with Crippen molar-refractivity contribution in [2.75, 3.05) is 0 Å². The van der Waals surface area contributed by atoms with Gasteiger partial charge in [0.2, 0.25) is 0 Å². The zero-order chi connectivity index (χ0) is 48.2. The van der Waals surface area contributed by atoms with Crippen LogP contribution in [0.1, 0.15) is 93.2 Å². The Morgan fingerprint density at radius 1 is 0.386 bits per heavy atom. The Kier molecular flexibility index (Phi) is 11.9. The van der Waals surface area contributed by atoms with E-state index in [1.54, 1.807) is 5.56 Å². The van der Waals surface area contributed by atoms with Crippen molar-refractivity contribution in [3.63, 3.8) is 0 Å². The molecule has 70 heavy (non-hydrogen) atoms. The van der Waals surface area contributed by atoms with Crippen LogP contribution in [0.25, 0.3) is 66.4 Å². The molecule has 0 aliphatic heterocycles. The second-order valence-corrected chi connectivity index (χ2v) is 21.6. The highest BCUT2D eigenvalue weighted by atomic mass is 14.8. The Morgan fingerprint density at radius 2 is 0.957 bits per heavy atom. The smallest absolute Gasteiger partial charge is 0.0158 e. The summed E-state index contributed by atoms with van der Waals surface area (Å²) in [4.78, 5) is 0. The third kappa shape index (κ3) is 7.67. The van der Waals surface area contributed by atoms with Gasteiger partial charge in [-0.15, -0.1) is 0 Å². The zero-order valence-corrected chi connectivity index (χ0v) is 42.4. The van der Waals surface area contributed by atoms with E-state index < -0.39 is 0 Å². The first-order valence-corrected chi connectivity index (χ1v) is 26.2. The van der Waals surface area contributed by atoms with Gasteiger partial charge in [-0.25, -0.2) is 0 Å². The van der Waals surface area contributed by atoms with Gasteiger partial charge in [0.15, 0.2) is 0 Å². The van der Waals surface area contributed by atoms with Gasteiger partial charge < -0.3 is 0 Å². The van der Waals surface area contributed by atoms with Crippen molar-refractivity contribution in [3.05, 3.63) is 240 Å². The third-order valence-electron chi connectivity index (χ3n) is 17.7. The first-order valence-electron chi connectivity index (χ1n) is 26.2. The highest BCUT2D eigenvalue weighted by Crippen LogP contribution is 2.83. The summed E-state index contributed by atoms with van der Waals surface area (Å²) in [6, 6.07) is 75.7. The van der Waals surface area contributed by atoms with Crippen molar-refractivity contribution in [3.8, 4) is 55.6 Å². The Labute approximate surface area is 418 Å². The minimum atomic E-state index is 0.151. The Balaban J connectivity index is 0.000000141. The molecule has 5 aliphatic rings. The summed E-state index contributed by atoms with van der Waals surface area (Å²) in [6.07, 6.45) is 7.55. The van der Waals surface area contributed by atoms with E-state index in [9.17, 15) is 0 Å². The quantitative estimate of drug-likeness (QED) is 0.161. The molecule has 5 atom stereocenters. The summed E-state index contributed by atoms with van der Waals surface area (Å²) in [7, 11) is 0. The van der Waals surface area contributed by atoms with Gasteiger partial charge in [-0.05, 0) is 182 Å². The molecule has 9 aromatic carbocycles. The molecule has 0 N–H and O–H groups in total. The fraction of sp³-hybridized carbons (Fsp3) is 0.257. The highest BCUT2D eigenvalue weighted by molar-refractivity contribution is 5.98.